The smallest absolute Gasteiger partial charge is 0.460 e. The molecule has 0 spiro atoms. The molecule has 0 aliphatic carbocycles. The molecule has 0 aliphatic heterocycles. The molecule has 51 heavy (non-hydrogen) atoms. The molecule has 1 N–H and O–H groups in total. The van der Waals surface area contributed by atoms with Gasteiger partial charge in [0.1, 0.15) is 11.5 Å². The Bertz CT molecular complexity index is 1300. The first-order valence-electron chi connectivity index (χ1n) is 20.0. The first-order valence-corrected chi connectivity index (χ1v) is 21.2. The van der Waals surface area contributed by atoms with Crippen LogP contribution in [-0.2, 0) is 26.4 Å². The van der Waals surface area contributed by atoms with Crippen LogP contribution < -0.4 is 9.05 Å². The van der Waals surface area contributed by atoms with Crippen LogP contribution in [0.2, 0.25) is 0 Å². The second kappa shape index (κ2) is 20.4. The van der Waals surface area contributed by atoms with Crippen LogP contribution in [-0.4, -0.2) is 17.5 Å². The third kappa shape index (κ3) is 15.8. The summed E-state index contributed by atoms with van der Waals surface area (Å²) in [7, 11) is -2.33. The van der Waals surface area contributed by atoms with Gasteiger partial charge in [0.2, 0.25) is 0 Å². The van der Waals surface area contributed by atoms with Crippen molar-refractivity contribution >= 4 is 14.6 Å². The first kappa shape index (κ1) is 45.1. The van der Waals surface area contributed by atoms with Gasteiger partial charge < -0.3 is 18.7 Å². The predicted molar refractivity (Wildman–Crippen MR) is 219 cm³/mol. The van der Waals surface area contributed by atoms with Gasteiger partial charge in [-0.15, -0.1) is 0 Å². The topological polar surface area (TPSA) is 65.0 Å². The second-order valence-corrected chi connectivity index (χ2v) is 19.6. The lowest BCUT2D eigenvalue weighted by atomic mass is 9.78. The zero-order chi connectivity index (χ0) is 38.5. The molecule has 0 amide bonds. The van der Waals surface area contributed by atoms with Crippen LogP contribution in [0.5, 0.6) is 11.5 Å². The molecule has 2 aromatic rings. The number of carbonyl (C=O) groups is 1. The van der Waals surface area contributed by atoms with Crippen molar-refractivity contribution in [2.24, 2.45) is 0 Å². The first-order chi connectivity index (χ1) is 23.7. The molecule has 0 heterocycles. The van der Waals surface area contributed by atoms with Crippen molar-refractivity contribution in [2.45, 2.75) is 202 Å². The fourth-order valence-electron chi connectivity index (χ4n) is 6.35. The number of rotatable bonds is 20. The minimum absolute atomic E-state index is 0.0166. The molecule has 1 atom stereocenters. The van der Waals surface area contributed by atoms with E-state index < -0.39 is 8.60 Å². The maximum atomic E-state index is 13.4. The molecule has 0 aromatic heterocycles. The Morgan fingerprint density at radius 2 is 1.00 bits per heavy atom. The van der Waals surface area contributed by atoms with E-state index in [-0.39, 0.29) is 27.6 Å². The number of ether oxygens (including phenoxy) is 1. The maximum absolute atomic E-state index is 13.4. The van der Waals surface area contributed by atoms with Gasteiger partial charge in [-0.25, -0.2) is 4.79 Å². The summed E-state index contributed by atoms with van der Waals surface area (Å²) in [4.78, 5) is 24.8. The van der Waals surface area contributed by atoms with Crippen LogP contribution in [0.3, 0.4) is 0 Å². The van der Waals surface area contributed by atoms with Crippen molar-refractivity contribution in [1.29, 1.82) is 0 Å². The highest BCUT2D eigenvalue weighted by Gasteiger charge is 2.32. The number of unbranched alkanes of at least 4 members (excludes halogenated alkanes) is 13. The van der Waals surface area contributed by atoms with Gasteiger partial charge in [0.05, 0.1) is 12.2 Å². The van der Waals surface area contributed by atoms with Crippen LogP contribution in [0.4, 0.5) is 0 Å². The normalized spacial score (nSPS) is 13.3. The average molecular weight is 727 g/mol. The van der Waals surface area contributed by atoms with Crippen LogP contribution in [0.15, 0.2) is 30.3 Å². The number of carbonyl (C=O) groups excluding carboxylic acids is 1. The van der Waals surface area contributed by atoms with Gasteiger partial charge in [-0.05, 0) is 51.8 Å². The van der Waals surface area contributed by atoms with Gasteiger partial charge >= 0.3 is 14.6 Å². The fourth-order valence-corrected chi connectivity index (χ4v) is 7.06. The Kier molecular flexibility index (Phi) is 18.0. The molecule has 0 saturated heterocycles. The van der Waals surface area contributed by atoms with Crippen molar-refractivity contribution in [3.05, 3.63) is 58.1 Å². The monoisotopic (exact) mass is 727 g/mol. The van der Waals surface area contributed by atoms with Crippen LogP contribution >= 0.6 is 8.60 Å². The standard InChI is InChI=1S/C45H75O5P/c1-14-15-16-17-18-19-20-21-22-23-24-25-26-27-30-48-41(46)34-31-37(44(8,9)10)40(38(32-34)45(11,12)13)50-51(47)49-39-29-28-35(42(2,3)4)33-36(39)43(5,6)7/h28-29,31-33,47H,14-27,30H2,1-13H3. The minimum Gasteiger partial charge on any atom is -0.462 e. The van der Waals surface area contributed by atoms with Gasteiger partial charge in [-0.1, -0.05) is 186 Å². The molecule has 0 bridgehead atoms. The Balaban J connectivity index is 2.07. The largest absolute Gasteiger partial charge is 0.462 e. The number of benzene rings is 2. The summed E-state index contributed by atoms with van der Waals surface area (Å²) in [5.41, 5.74) is 3.45. The lowest BCUT2D eigenvalue weighted by Gasteiger charge is -2.31. The Hall–Kier alpha value is -2.10. The molecule has 0 aliphatic rings. The van der Waals surface area contributed by atoms with Crippen molar-refractivity contribution < 1.29 is 23.5 Å². The van der Waals surface area contributed by atoms with Crippen LogP contribution in [0.1, 0.15) is 213 Å². The third-order valence-electron chi connectivity index (χ3n) is 9.67. The summed E-state index contributed by atoms with van der Waals surface area (Å²) in [6.07, 6.45) is 18.1. The molecule has 2 aromatic carbocycles. The molecule has 290 valence electrons. The predicted octanol–water partition coefficient (Wildman–Crippen LogP) is 14.2. The summed E-state index contributed by atoms with van der Waals surface area (Å²) in [6, 6.07) is 9.94. The molecule has 2 rings (SSSR count). The van der Waals surface area contributed by atoms with Gasteiger partial charge in [0.15, 0.2) is 0 Å². The van der Waals surface area contributed by atoms with E-state index in [0.717, 1.165) is 29.5 Å². The summed E-state index contributed by atoms with van der Waals surface area (Å²) in [5.74, 6) is 0.863. The second-order valence-electron chi connectivity index (χ2n) is 18.8. The lowest BCUT2D eigenvalue weighted by Crippen LogP contribution is -2.21. The average Bonchev–Trinajstić information content (AvgIpc) is 3.00. The molecule has 6 heteroatoms. The van der Waals surface area contributed by atoms with Crippen molar-refractivity contribution in [3.63, 3.8) is 0 Å². The molecular formula is C45H75O5P. The summed E-state index contributed by atoms with van der Waals surface area (Å²) < 4.78 is 18.4. The van der Waals surface area contributed by atoms with Gasteiger partial charge in [-0.2, -0.15) is 0 Å². The quantitative estimate of drug-likeness (QED) is 0.0836. The highest BCUT2D eigenvalue weighted by Crippen LogP contribution is 2.48. The third-order valence-corrected chi connectivity index (χ3v) is 10.4. The van der Waals surface area contributed by atoms with E-state index in [1.807, 2.05) is 18.2 Å². The SMILES string of the molecule is CCCCCCCCCCCCCCCCOC(=O)c1cc(C(C)(C)C)c(OP(O)Oc2ccc(C(C)(C)C)cc2C(C)(C)C)c(C(C)(C)C)c1. The molecule has 5 nitrogen and oxygen atoms in total. The van der Waals surface area contributed by atoms with Crippen LogP contribution in [0, 0.1) is 0 Å². The lowest BCUT2D eigenvalue weighted by molar-refractivity contribution is 0.0497. The summed E-state index contributed by atoms with van der Waals surface area (Å²) in [6.45, 7) is 28.3. The number of hydrogen-bond donors (Lipinski definition) is 1. The van der Waals surface area contributed by atoms with Crippen molar-refractivity contribution in [1.82, 2.24) is 0 Å². The molecule has 0 saturated carbocycles. The zero-order valence-corrected chi connectivity index (χ0v) is 35.9. The Labute approximate surface area is 315 Å². The van der Waals surface area contributed by atoms with E-state index in [9.17, 15) is 9.69 Å². The fraction of sp³-hybridized carbons (Fsp3) is 0.711. The van der Waals surface area contributed by atoms with Crippen LogP contribution in [0.25, 0.3) is 0 Å². The molecule has 0 fully saturated rings. The van der Waals surface area contributed by atoms with E-state index in [2.05, 4.69) is 102 Å². The van der Waals surface area contributed by atoms with Crippen molar-refractivity contribution in [3.8, 4) is 11.5 Å². The van der Waals surface area contributed by atoms with Gasteiger partial charge in [0.25, 0.3) is 0 Å². The summed E-state index contributed by atoms with van der Waals surface area (Å²) in [5, 5.41) is 0. The Morgan fingerprint density at radius 3 is 1.41 bits per heavy atom. The summed E-state index contributed by atoms with van der Waals surface area (Å²) >= 11 is 0. The minimum atomic E-state index is -2.33. The van der Waals surface area contributed by atoms with E-state index in [1.165, 1.54) is 82.6 Å². The van der Waals surface area contributed by atoms with Gasteiger partial charge in [0, 0.05) is 16.7 Å². The highest BCUT2D eigenvalue weighted by molar-refractivity contribution is 7.41. The van der Waals surface area contributed by atoms with E-state index in [4.69, 9.17) is 13.8 Å². The molecular weight excluding hydrogens is 651 g/mol. The van der Waals surface area contributed by atoms with Crippen molar-refractivity contribution in [2.75, 3.05) is 6.61 Å². The van der Waals surface area contributed by atoms with E-state index in [1.54, 1.807) is 0 Å². The molecule has 0 radical (unpaired) electrons. The maximum Gasteiger partial charge on any atom is 0.460 e. The van der Waals surface area contributed by atoms with Gasteiger partial charge in [-0.3, -0.25) is 0 Å². The zero-order valence-electron chi connectivity index (χ0n) is 35.0. The van der Waals surface area contributed by atoms with E-state index in [0.29, 0.717) is 23.7 Å². The Morgan fingerprint density at radius 1 is 0.569 bits per heavy atom. The van der Waals surface area contributed by atoms with E-state index >= 15 is 0 Å². The number of hydrogen-bond acceptors (Lipinski definition) is 5. The highest BCUT2D eigenvalue weighted by atomic mass is 31.2. The molecule has 1 unspecified atom stereocenters. The number of esters is 1.